The lowest BCUT2D eigenvalue weighted by atomic mass is 10.1. The first kappa shape index (κ1) is 16.8. The van der Waals surface area contributed by atoms with Crippen LogP contribution in [-0.4, -0.2) is 15.5 Å². The summed E-state index contributed by atoms with van der Waals surface area (Å²) < 4.78 is 20.9. The van der Waals surface area contributed by atoms with Crippen LogP contribution in [0, 0.1) is 5.82 Å². The molecule has 2 aromatic carbocycles. The third-order valence-electron chi connectivity index (χ3n) is 3.85. The standard InChI is InChI=1S/C19H17FN2O3/c1-3-16(25-12(2)23)18-21-15-11-7-10-14(20)17(15)19(24)22(18)13-8-5-4-6-9-13/h4-11,16H,3H2,1-2H3. The van der Waals surface area contributed by atoms with Gasteiger partial charge >= 0.3 is 5.97 Å². The Bertz CT molecular complexity index is 983. The van der Waals surface area contributed by atoms with Crippen LogP contribution in [0.25, 0.3) is 16.6 Å². The maximum Gasteiger partial charge on any atom is 0.303 e. The van der Waals surface area contributed by atoms with Crippen molar-refractivity contribution >= 4 is 16.9 Å². The first-order valence-corrected chi connectivity index (χ1v) is 7.96. The van der Waals surface area contributed by atoms with Crippen molar-refractivity contribution in [1.29, 1.82) is 0 Å². The largest absolute Gasteiger partial charge is 0.454 e. The minimum absolute atomic E-state index is 0.0900. The Labute approximate surface area is 143 Å². The second-order valence-corrected chi connectivity index (χ2v) is 5.59. The number of hydrogen-bond donors (Lipinski definition) is 0. The van der Waals surface area contributed by atoms with Crippen LogP contribution < -0.4 is 5.56 Å². The van der Waals surface area contributed by atoms with Crippen LogP contribution >= 0.6 is 0 Å². The van der Waals surface area contributed by atoms with E-state index in [0.29, 0.717) is 12.1 Å². The normalized spacial score (nSPS) is 12.1. The monoisotopic (exact) mass is 340 g/mol. The van der Waals surface area contributed by atoms with Crippen LogP contribution in [0.2, 0.25) is 0 Å². The Morgan fingerprint density at radius 3 is 2.56 bits per heavy atom. The zero-order valence-corrected chi connectivity index (χ0v) is 13.9. The van der Waals surface area contributed by atoms with E-state index < -0.39 is 23.4 Å². The number of benzene rings is 2. The molecule has 3 aromatic rings. The fraction of sp³-hybridized carbons (Fsp3) is 0.211. The number of carbonyl (C=O) groups excluding carboxylic acids is 1. The summed E-state index contributed by atoms with van der Waals surface area (Å²) in [6.07, 6.45) is -0.280. The number of carbonyl (C=O) groups is 1. The van der Waals surface area contributed by atoms with Crippen molar-refractivity contribution in [3.8, 4) is 5.69 Å². The molecule has 0 amide bonds. The van der Waals surface area contributed by atoms with E-state index in [4.69, 9.17) is 4.74 Å². The van der Waals surface area contributed by atoms with E-state index >= 15 is 0 Å². The van der Waals surface area contributed by atoms with Gasteiger partial charge in [0.25, 0.3) is 5.56 Å². The van der Waals surface area contributed by atoms with Gasteiger partial charge in [-0.3, -0.25) is 14.2 Å². The molecule has 3 rings (SSSR count). The second kappa shape index (κ2) is 6.84. The van der Waals surface area contributed by atoms with Gasteiger partial charge in [0.2, 0.25) is 0 Å². The summed E-state index contributed by atoms with van der Waals surface area (Å²) >= 11 is 0. The molecule has 0 spiro atoms. The van der Waals surface area contributed by atoms with Crippen LogP contribution in [0.3, 0.4) is 0 Å². The van der Waals surface area contributed by atoms with Crippen LogP contribution in [0.15, 0.2) is 53.3 Å². The van der Waals surface area contributed by atoms with Gasteiger partial charge < -0.3 is 4.74 Å². The van der Waals surface area contributed by atoms with Crippen molar-refractivity contribution in [3.63, 3.8) is 0 Å². The maximum atomic E-state index is 14.2. The first-order chi connectivity index (χ1) is 12.0. The highest BCUT2D eigenvalue weighted by molar-refractivity contribution is 5.78. The Balaban J connectivity index is 2.38. The summed E-state index contributed by atoms with van der Waals surface area (Å²) in [6.45, 7) is 3.12. The number of esters is 1. The van der Waals surface area contributed by atoms with E-state index in [-0.39, 0.29) is 16.7 Å². The molecular formula is C19H17FN2O3. The molecule has 0 N–H and O–H groups in total. The van der Waals surface area contributed by atoms with Crippen molar-refractivity contribution < 1.29 is 13.9 Å². The van der Waals surface area contributed by atoms with Crippen molar-refractivity contribution in [3.05, 3.63) is 70.5 Å². The smallest absolute Gasteiger partial charge is 0.303 e. The van der Waals surface area contributed by atoms with Gasteiger partial charge in [-0.15, -0.1) is 0 Å². The van der Waals surface area contributed by atoms with E-state index in [1.165, 1.54) is 23.6 Å². The van der Waals surface area contributed by atoms with Crippen LogP contribution in [-0.2, 0) is 9.53 Å². The zero-order chi connectivity index (χ0) is 18.0. The van der Waals surface area contributed by atoms with E-state index in [2.05, 4.69) is 4.98 Å². The third-order valence-corrected chi connectivity index (χ3v) is 3.85. The number of rotatable bonds is 4. The van der Waals surface area contributed by atoms with Gasteiger partial charge in [-0.2, -0.15) is 0 Å². The molecule has 0 bridgehead atoms. The number of halogens is 1. The average molecular weight is 340 g/mol. The Morgan fingerprint density at radius 2 is 1.92 bits per heavy atom. The molecule has 25 heavy (non-hydrogen) atoms. The summed E-state index contributed by atoms with van der Waals surface area (Å²) in [7, 11) is 0. The van der Waals surface area contributed by atoms with Crippen LogP contribution in [0.4, 0.5) is 4.39 Å². The number of para-hydroxylation sites is 1. The molecule has 1 unspecified atom stereocenters. The Morgan fingerprint density at radius 1 is 1.20 bits per heavy atom. The van der Waals surface area contributed by atoms with Gasteiger partial charge in [-0.1, -0.05) is 31.2 Å². The lowest BCUT2D eigenvalue weighted by Crippen LogP contribution is -2.27. The number of nitrogens with zero attached hydrogens (tertiary/aromatic N) is 2. The Kier molecular flexibility index (Phi) is 4.61. The fourth-order valence-electron chi connectivity index (χ4n) is 2.77. The van der Waals surface area contributed by atoms with Gasteiger partial charge in [-0.25, -0.2) is 9.37 Å². The molecule has 0 saturated heterocycles. The molecule has 1 heterocycles. The number of fused-ring (bicyclic) bond motifs is 1. The molecule has 5 nitrogen and oxygen atoms in total. The third kappa shape index (κ3) is 3.15. The summed E-state index contributed by atoms with van der Waals surface area (Å²) in [4.78, 5) is 28.9. The SMILES string of the molecule is CCC(OC(C)=O)c1nc2cccc(F)c2c(=O)n1-c1ccccc1. The van der Waals surface area contributed by atoms with Crippen LogP contribution in [0.5, 0.6) is 0 Å². The Hall–Kier alpha value is -3.02. The van der Waals surface area contributed by atoms with Gasteiger partial charge in [0.1, 0.15) is 11.2 Å². The lowest BCUT2D eigenvalue weighted by Gasteiger charge is -2.20. The van der Waals surface area contributed by atoms with Crippen molar-refractivity contribution in [2.45, 2.75) is 26.4 Å². The van der Waals surface area contributed by atoms with E-state index in [9.17, 15) is 14.0 Å². The molecular weight excluding hydrogens is 323 g/mol. The molecule has 0 aliphatic rings. The van der Waals surface area contributed by atoms with Gasteiger partial charge in [-0.05, 0) is 30.7 Å². The molecule has 0 aliphatic carbocycles. The molecule has 0 fully saturated rings. The minimum atomic E-state index is -0.710. The summed E-state index contributed by atoms with van der Waals surface area (Å²) in [6, 6.07) is 13.1. The number of hydrogen-bond acceptors (Lipinski definition) is 4. The van der Waals surface area contributed by atoms with Gasteiger partial charge in [0, 0.05) is 6.92 Å². The first-order valence-electron chi connectivity index (χ1n) is 7.96. The summed E-state index contributed by atoms with van der Waals surface area (Å²) in [5.41, 5.74) is 0.235. The molecule has 1 aromatic heterocycles. The van der Waals surface area contributed by atoms with Gasteiger partial charge in [0.15, 0.2) is 11.9 Å². The van der Waals surface area contributed by atoms with Crippen molar-refractivity contribution in [1.82, 2.24) is 9.55 Å². The molecule has 128 valence electrons. The highest BCUT2D eigenvalue weighted by atomic mass is 19.1. The predicted molar refractivity (Wildman–Crippen MR) is 92.1 cm³/mol. The number of aromatic nitrogens is 2. The van der Waals surface area contributed by atoms with Crippen molar-refractivity contribution in [2.24, 2.45) is 0 Å². The molecule has 0 saturated carbocycles. The van der Waals surface area contributed by atoms with Gasteiger partial charge in [0.05, 0.1) is 11.2 Å². The molecule has 0 aliphatic heterocycles. The molecule has 0 radical (unpaired) electrons. The van der Waals surface area contributed by atoms with E-state index in [0.717, 1.165) is 0 Å². The highest BCUT2D eigenvalue weighted by Crippen LogP contribution is 2.24. The fourth-order valence-corrected chi connectivity index (χ4v) is 2.77. The quantitative estimate of drug-likeness (QED) is 0.682. The topological polar surface area (TPSA) is 61.2 Å². The molecule has 6 heteroatoms. The summed E-state index contributed by atoms with van der Waals surface area (Å²) in [5, 5.41) is -0.0900. The lowest BCUT2D eigenvalue weighted by molar-refractivity contribution is -0.147. The van der Waals surface area contributed by atoms with Crippen LogP contribution in [0.1, 0.15) is 32.2 Å². The predicted octanol–water partition coefficient (Wildman–Crippen LogP) is 3.54. The average Bonchev–Trinajstić information content (AvgIpc) is 2.60. The van der Waals surface area contributed by atoms with E-state index in [1.807, 2.05) is 13.0 Å². The minimum Gasteiger partial charge on any atom is -0.454 e. The highest BCUT2D eigenvalue weighted by Gasteiger charge is 2.23. The van der Waals surface area contributed by atoms with Crippen molar-refractivity contribution in [2.75, 3.05) is 0 Å². The molecule has 1 atom stereocenters. The zero-order valence-electron chi connectivity index (χ0n) is 13.9. The number of ether oxygens (including phenoxy) is 1. The summed E-state index contributed by atoms with van der Waals surface area (Å²) in [5.74, 6) is -0.834. The second-order valence-electron chi connectivity index (χ2n) is 5.59. The van der Waals surface area contributed by atoms with E-state index in [1.54, 1.807) is 30.3 Å². The maximum absolute atomic E-state index is 14.2.